The second-order valence-electron chi connectivity index (χ2n) is 5.16. The normalized spacial score (nSPS) is 12.0. The molecule has 0 saturated heterocycles. The van der Waals surface area contributed by atoms with Crippen molar-refractivity contribution in [2.24, 2.45) is 0 Å². The first-order valence-electron chi connectivity index (χ1n) is 5.64. The molecule has 1 aromatic rings. The lowest BCUT2D eigenvalue weighted by Gasteiger charge is -2.28. The van der Waals surface area contributed by atoms with E-state index in [9.17, 15) is 0 Å². The van der Waals surface area contributed by atoms with Crippen LogP contribution >= 0.6 is 27.5 Å². The maximum atomic E-state index is 6.26. The van der Waals surface area contributed by atoms with Gasteiger partial charge in [0.15, 0.2) is 0 Å². The summed E-state index contributed by atoms with van der Waals surface area (Å²) in [6.45, 7) is 11.8. The van der Waals surface area contributed by atoms with E-state index in [0.717, 1.165) is 22.4 Å². The zero-order valence-electron chi connectivity index (χ0n) is 11.0. The van der Waals surface area contributed by atoms with Crippen LogP contribution in [-0.2, 0) is 0 Å². The third-order valence-electron chi connectivity index (χ3n) is 3.23. The lowest BCUT2D eigenvalue weighted by Crippen LogP contribution is -2.27. The molecule has 0 aliphatic carbocycles. The molecule has 0 spiro atoms. The van der Waals surface area contributed by atoms with Crippen LogP contribution in [0.5, 0.6) is 5.75 Å². The van der Waals surface area contributed by atoms with Crippen LogP contribution in [0.15, 0.2) is 16.6 Å². The van der Waals surface area contributed by atoms with Gasteiger partial charge in [0.1, 0.15) is 5.75 Å². The van der Waals surface area contributed by atoms with E-state index in [4.69, 9.17) is 16.3 Å². The van der Waals surface area contributed by atoms with Gasteiger partial charge in [0, 0.05) is 4.47 Å². The Hall–Kier alpha value is 0.00688. The van der Waals surface area contributed by atoms with Crippen molar-refractivity contribution in [3.63, 3.8) is 0 Å². The predicted molar refractivity (Wildman–Crippen MR) is 80.9 cm³/mol. The van der Waals surface area contributed by atoms with Crippen molar-refractivity contribution in [1.29, 1.82) is 0 Å². The van der Waals surface area contributed by atoms with Crippen LogP contribution < -0.4 is 4.74 Å². The molecule has 0 heterocycles. The molecule has 0 unspecified atom stereocenters. The highest BCUT2D eigenvalue weighted by molar-refractivity contribution is 9.10. The van der Waals surface area contributed by atoms with Gasteiger partial charge in [-0.1, -0.05) is 54.5 Å². The Morgan fingerprint density at radius 1 is 1.35 bits per heavy atom. The molecule has 1 radical (unpaired) electrons. The van der Waals surface area contributed by atoms with Gasteiger partial charge in [0.2, 0.25) is 0 Å². The van der Waals surface area contributed by atoms with Gasteiger partial charge in [-0.25, -0.2) is 0 Å². The third-order valence-corrected chi connectivity index (χ3v) is 7.41. The highest BCUT2D eigenvalue weighted by Gasteiger charge is 2.25. The molecule has 0 saturated carbocycles. The first-order chi connectivity index (χ1) is 7.75. The monoisotopic (exact) mass is 333 g/mol. The Kier molecular flexibility index (Phi) is 5.11. The van der Waals surface area contributed by atoms with Crippen LogP contribution in [0.2, 0.25) is 23.2 Å². The molecular weight excluding hydrogens is 316 g/mol. The second kappa shape index (κ2) is 5.76. The highest BCUT2D eigenvalue weighted by atomic mass is 79.9. The summed E-state index contributed by atoms with van der Waals surface area (Å²) < 4.78 is 6.89. The first-order valence-corrected chi connectivity index (χ1v) is 9.31. The molecule has 0 fully saturated rings. The maximum absolute atomic E-state index is 6.26. The van der Waals surface area contributed by atoms with Gasteiger partial charge in [0.05, 0.1) is 20.4 Å². The summed E-state index contributed by atoms with van der Waals surface area (Å²) in [6.07, 6.45) is 0. The van der Waals surface area contributed by atoms with Crippen molar-refractivity contribution in [1.82, 2.24) is 0 Å². The SMILES string of the molecule is Cc1c(Br)ccc(OCC(C)(C)[Si](C)C)c1Cl. The standard InChI is InChI=1S/C13H19BrClOSi/c1-9-10(14)6-7-11(12(9)15)16-8-13(2,3)17(4)5/h6-7H,8H2,1-5H3. The fourth-order valence-electron chi connectivity index (χ4n) is 1.15. The maximum Gasteiger partial charge on any atom is 0.138 e. The minimum absolute atomic E-state index is 0.245. The molecule has 17 heavy (non-hydrogen) atoms. The molecule has 0 aliphatic heterocycles. The van der Waals surface area contributed by atoms with E-state index in [1.54, 1.807) is 0 Å². The number of halogens is 2. The first kappa shape index (κ1) is 15.1. The fraction of sp³-hybridized carbons (Fsp3) is 0.538. The Labute approximate surface area is 119 Å². The Bertz CT molecular complexity index is 405. The fourth-order valence-corrected chi connectivity index (χ4v) is 2.18. The van der Waals surface area contributed by atoms with E-state index in [1.807, 2.05) is 19.1 Å². The van der Waals surface area contributed by atoms with E-state index >= 15 is 0 Å². The van der Waals surface area contributed by atoms with Crippen LogP contribution in [-0.4, -0.2) is 15.4 Å². The number of benzene rings is 1. The van der Waals surface area contributed by atoms with Crippen LogP contribution in [0.1, 0.15) is 19.4 Å². The van der Waals surface area contributed by atoms with E-state index in [0.29, 0.717) is 5.02 Å². The summed E-state index contributed by atoms with van der Waals surface area (Å²) in [5, 5.41) is 0.950. The van der Waals surface area contributed by atoms with Crippen LogP contribution in [0.3, 0.4) is 0 Å². The molecule has 0 bridgehead atoms. The number of hydrogen-bond donors (Lipinski definition) is 0. The molecule has 95 valence electrons. The summed E-state index contributed by atoms with van der Waals surface area (Å²) in [6, 6.07) is 3.90. The lowest BCUT2D eigenvalue weighted by molar-refractivity contribution is 0.276. The van der Waals surface area contributed by atoms with Crippen molar-refractivity contribution in [2.45, 2.75) is 38.9 Å². The van der Waals surface area contributed by atoms with Crippen molar-refractivity contribution in [3.8, 4) is 5.75 Å². The van der Waals surface area contributed by atoms with E-state index < -0.39 is 0 Å². The molecule has 0 aromatic heterocycles. The van der Waals surface area contributed by atoms with E-state index in [2.05, 4.69) is 42.9 Å². The number of hydrogen-bond acceptors (Lipinski definition) is 1. The quantitative estimate of drug-likeness (QED) is 0.677. The van der Waals surface area contributed by atoms with Crippen molar-refractivity contribution < 1.29 is 4.74 Å². The van der Waals surface area contributed by atoms with Gasteiger partial charge in [-0.05, 0) is 29.7 Å². The molecular formula is C13H19BrClOSi. The van der Waals surface area contributed by atoms with Crippen LogP contribution in [0.4, 0.5) is 0 Å². The molecule has 0 atom stereocenters. The molecule has 0 aliphatic rings. The van der Waals surface area contributed by atoms with E-state index in [-0.39, 0.29) is 13.8 Å². The van der Waals surface area contributed by atoms with Crippen molar-refractivity contribution >= 4 is 36.3 Å². The minimum Gasteiger partial charge on any atom is -0.492 e. The second-order valence-corrected chi connectivity index (χ2v) is 9.74. The lowest BCUT2D eigenvalue weighted by atomic mass is 10.2. The topological polar surface area (TPSA) is 9.23 Å². The number of ether oxygens (including phenoxy) is 1. The summed E-state index contributed by atoms with van der Waals surface area (Å²) >= 11 is 9.72. The molecule has 1 aromatic carbocycles. The van der Waals surface area contributed by atoms with Gasteiger partial charge < -0.3 is 4.74 Å². The van der Waals surface area contributed by atoms with Gasteiger partial charge in [-0.3, -0.25) is 0 Å². The largest absolute Gasteiger partial charge is 0.492 e. The molecule has 4 heteroatoms. The average molecular weight is 335 g/mol. The summed E-state index contributed by atoms with van der Waals surface area (Å²) in [7, 11) is -0.388. The summed E-state index contributed by atoms with van der Waals surface area (Å²) in [5.41, 5.74) is 1.03. The minimum atomic E-state index is -0.388. The van der Waals surface area contributed by atoms with Gasteiger partial charge in [0.25, 0.3) is 0 Å². The molecule has 1 rings (SSSR count). The average Bonchev–Trinajstić information content (AvgIpc) is 2.25. The molecule has 1 nitrogen and oxygen atoms in total. The molecule has 0 N–H and O–H groups in total. The molecule has 0 amide bonds. The number of rotatable bonds is 4. The van der Waals surface area contributed by atoms with Crippen molar-refractivity contribution in [2.75, 3.05) is 6.61 Å². The van der Waals surface area contributed by atoms with Gasteiger partial charge in [-0.15, -0.1) is 0 Å². The van der Waals surface area contributed by atoms with Crippen molar-refractivity contribution in [3.05, 3.63) is 27.2 Å². The smallest absolute Gasteiger partial charge is 0.138 e. The highest BCUT2D eigenvalue weighted by Crippen LogP contribution is 2.35. The zero-order valence-corrected chi connectivity index (χ0v) is 14.4. The van der Waals surface area contributed by atoms with Gasteiger partial charge >= 0.3 is 0 Å². The Morgan fingerprint density at radius 3 is 2.47 bits per heavy atom. The summed E-state index contributed by atoms with van der Waals surface area (Å²) in [4.78, 5) is 0. The third kappa shape index (κ3) is 3.73. The zero-order chi connectivity index (χ0) is 13.2. The summed E-state index contributed by atoms with van der Waals surface area (Å²) in [5.74, 6) is 0.781. The van der Waals surface area contributed by atoms with E-state index in [1.165, 1.54) is 0 Å². The Morgan fingerprint density at radius 2 is 1.94 bits per heavy atom. The van der Waals surface area contributed by atoms with Crippen LogP contribution in [0.25, 0.3) is 0 Å². The van der Waals surface area contributed by atoms with Crippen LogP contribution in [0, 0.1) is 6.92 Å². The Balaban J connectivity index is 2.81. The predicted octanol–water partition coefficient (Wildman–Crippen LogP) is 5.32. The van der Waals surface area contributed by atoms with Gasteiger partial charge in [-0.2, -0.15) is 0 Å².